The molecule has 0 fully saturated rings. The SMILES string of the molecule is CC[C@@H](C)N[C@H](C)c1ccccc1OC(C)C. The van der Waals surface area contributed by atoms with Crippen LogP contribution in [-0.2, 0) is 0 Å². The third kappa shape index (κ3) is 4.39. The zero-order chi connectivity index (χ0) is 12.8. The molecule has 0 saturated heterocycles. The lowest BCUT2D eigenvalue weighted by atomic mass is 10.1. The van der Waals surface area contributed by atoms with Crippen LogP contribution in [-0.4, -0.2) is 12.1 Å². The van der Waals surface area contributed by atoms with Crippen LogP contribution in [0.2, 0.25) is 0 Å². The van der Waals surface area contributed by atoms with Crippen molar-refractivity contribution >= 4 is 0 Å². The molecule has 17 heavy (non-hydrogen) atoms. The van der Waals surface area contributed by atoms with Crippen LogP contribution in [0, 0.1) is 0 Å². The molecule has 2 nitrogen and oxygen atoms in total. The fourth-order valence-corrected chi connectivity index (χ4v) is 1.83. The summed E-state index contributed by atoms with van der Waals surface area (Å²) >= 11 is 0. The van der Waals surface area contributed by atoms with Crippen LogP contribution >= 0.6 is 0 Å². The Balaban J connectivity index is 2.81. The monoisotopic (exact) mass is 235 g/mol. The van der Waals surface area contributed by atoms with Gasteiger partial charge in [0.1, 0.15) is 5.75 Å². The van der Waals surface area contributed by atoms with E-state index in [1.807, 2.05) is 12.1 Å². The largest absolute Gasteiger partial charge is 0.491 e. The normalized spacial score (nSPS) is 14.7. The molecular weight excluding hydrogens is 210 g/mol. The van der Waals surface area contributed by atoms with Crippen LogP contribution in [0.25, 0.3) is 0 Å². The van der Waals surface area contributed by atoms with E-state index in [1.165, 1.54) is 5.56 Å². The molecule has 0 unspecified atom stereocenters. The molecule has 0 amide bonds. The summed E-state index contributed by atoms with van der Waals surface area (Å²) in [6.07, 6.45) is 1.35. The van der Waals surface area contributed by atoms with Crippen LogP contribution in [0.4, 0.5) is 0 Å². The number of benzene rings is 1. The number of hydrogen-bond acceptors (Lipinski definition) is 2. The molecular formula is C15H25NO. The Bertz CT molecular complexity index is 335. The van der Waals surface area contributed by atoms with E-state index in [9.17, 15) is 0 Å². The molecule has 0 saturated carbocycles. The van der Waals surface area contributed by atoms with Crippen molar-refractivity contribution in [3.8, 4) is 5.75 Å². The number of ether oxygens (including phenoxy) is 1. The van der Waals surface area contributed by atoms with Gasteiger partial charge in [-0.25, -0.2) is 0 Å². The molecule has 0 aliphatic heterocycles. The average Bonchev–Trinajstić information content (AvgIpc) is 2.28. The van der Waals surface area contributed by atoms with Crippen LogP contribution < -0.4 is 10.1 Å². The number of para-hydroxylation sites is 1. The Kier molecular flexibility index (Phi) is 5.49. The summed E-state index contributed by atoms with van der Waals surface area (Å²) in [5.41, 5.74) is 1.24. The minimum absolute atomic E-state index is 0.215. The van der Waals surface area contributed by atoms with Crippen LogP contribution in [0.1, 0.15) is 52.6 Å². The van der Waals surface area contributed by atoms with Crippen molar-refractivity contribution in [3.63, 3.8) is 0 Å². The van der Waals surface area contributed by atoms with Gasteiger partial charge in [-0.1, -0.05) is 25.1 Å². The molecule has 1 rings (SSSR count). The third-order valence-corrected chi connectivity index (χ3v) is 2.90. The van der Waals surface area contributed by atoms with E-state index in [0.717, 1.165) is 12.2 Å². The first-order chi connectivity index (χ1) is 8.04. The van der Waals surface area contributed by atoms with Gasteiger partial charge in [-0.15, -0.1) is 0 Å². The maximum absolute atomic E-state index is 5.84. The Morgan fingerprint density at radius 1 is 1.12 bits per heavy atom. The van der Waals surface area contributed by atoms with Crippen molar-refractivity contribution in [3.05, 3.63) is 29.8 Å². The van der Waals surface area contributed by atoms with Gasteiger partial charge in [0.2, 0.25) is 0 Å². The Hall–Kier alpha value is -1.02. The first-order valence-corrected chi connectivity index (χ1v) is 6.56. The van der Waals surface area contributed by atoms with E-state index in [1.54, 1.807) is 0 Å². The molecule has 2 atom stereocenters. The predicted molar refractivity (Wildman–Crippen MR) is 73.5 cm³/mol. The summed E-state index contributed by atoms with van der Waals surface area (Å²) in [4.78, 5) is 0. The summed E-state index contributed by atoms with van der Waals surface area (Å²) in [5.74, 6) is 0.991. The van der Waals surface area contributed by atoms with Gasteiger partial charge in [0.15, 0.2) is 0 Å². The molecule has 0 radical (unpaired) electrons. The minimum atomic E-state index is 0.215. The van der Waals surface area contributed by atoms with E-state index in [-0.39, 0.29) is 6.10 Å². The number of hydrogen-bond donors (Lipinski definition) is 1. The summed E-state index contributed by atoms with van der Waals surface area (Å²) in [7, 11) is 0. The van der Waals surface area contributed by atoms with Gasteiger partial charge in [0.05, 0.1) is 6.10 Å². The zero-order valence-corrected chi connectivity index (χ0v) is 11.7. The molecule has 0 bridgehead atoms. The topological polar surface area (TPSA) is 21.3 Å². The summed E-state index contributed by atoms with van der Waals surface area (Å²) in [6, 6.07) is 9.12. The second-order valence-corrected chi connectivity index (χ2v) is 4.90. The predicted octanol–water partition coefficient (Wildman–Crippen LogP) is 3.92. The molecule has 1 aromatic rings. The lowest BCUT2D eigenvalue weighted by molar-refractivity contribution is 0.237. The first kappa shape index (κ1) is 14.0. The second kappa shape index (κ2) is 6.65. The van der Waals surface area contributed by atoms with Gasteiger partial charge in [0, 0.05) is 17.6 Å². The molecule has 0 aromatic heterocycles. The summed E-state index contributed by atoms with van der Waals surface area (Å²) in [5, 5.41) is 3.58. The highest BCUT2D eigenvalue weighted by Crippen LogP contribution is 2.26. The standard InChI is InChI=1S/C15H25NO/c1-6-12(4)16-13(5)14-9-7-8-10-15(14)17-11(2)3/h7-13,16H,6H2,1-5H3/t12-,13-/m1/s1. The molecule has 1 N–H and O–H groups in total. The van der Waals surface area contributed by atoms with Crippen molar-refractivity contribution < 1.29 is 4.74 Å². The van der Waals surface area contributed by atoms with E-state index < -0.39 is 0 Å². The lowest BCUT2D eigenvalue weighted by Gasteiger charge is -2.22. The van der Waals surface area contributed by atoms with Crippen LogP contribution in [0.15, 0.2) is 24.3 Å². The van der Waals surface area contributed by atoms with Gasteiger partial charge in [-0.05, 0) is 40.2 Å². The molecule has 0 aliphatic rings. The van der Waals surface area contributed by atoms with Gasteiger partial charge in [0.25, 0.3) is 0 Å². The molecule has 0 aliphatic carbocycles. The lowest BCUT2D eigenvalue weighted by Crippen LogP contribution is -2.28. The van der Waals surface area contributed by atoms with Gasteiger partial charge < -0.3 is 10.1 Å². The Labute approximate surface area is 105 Å². The molecule has 0 spiro atoms. The number of rotatable bonds is 6. The van der Waals surface area contributed by atoms with Crippen molar-refractivity contribution in [2.75, 3.05) is 0 Å². The van der Waals surface area contributed by atoms with Crippen LogP contribution in [0.5, 0.6) is 5.75 Å². The maximum Gasteiger partial charge on any atom is 0.124 e. The van der Waals surface area contributed by atoms with E-state index in [4.69, 9.17) is 4.74 Å². The smallest absolute Gasteiger partial charge is 0.124 e. The maximum atomic E-state index is 5.84. The second-order valence-electron chi connectivity index (χ2n) is 4.90. The van der Waals surface area contributed by atoms with Crippen molar-refractivity contribution in [2.45, 2.75) is 59.2 Å². The van der Waals surface area contributed by atoms with Crippen molar-refractivity contribution in [1.82, 2.24) is 5.32 Å². The quantitative estimate of drug-likeness (QED) is 0.807. The zero-order valence-electron chi connectivity index (χ0n) is 11.7. The highest BCUT2D eigenvalue weighted by atomic mass is 16.5. The van der Waals surface area contributed by atoms with E-state index in [0.29, 0.717) is 12.1 Å². The first-order valence-electron chi connectivity index (χ1n) is 6.56. The summed E-state index contributed by atoms with van der Waals surface area (Å²) < 4.78 is 5.84. The van der Waals surface area contributed by atoms with Crippen molar-refractivity contribution in [1.29, 1.82) is 0 Å². The third-order valence-electron chi connectivity index (χ3n) is 2.90. The highest BCUT2D eigenvalue weighted by molar-refractivity contribution is 5.35. The van der Waals surface area contributed by atoms with E-state index >= 15 is 0 Å². The Morgan fingerprint density at radius 2 is 1.76 bits per heavy atom. The van der Waals surface area contributed by atoms with Crippen LogP contribution in [0.3, 0.4) is 0 Å². The molecule has 2 heteroatoms. The minimum Gasteiger partial charge on any atom is -0.491 e. The average molecular weight is 235 g/mol. The highest BCUT2D eigenvalue weighted by Gasteiger charge is 2.13. The fraction of sp³-hybridized carbons (Fsp3) is 0.600. The van der Waals surface area contributed by atoms with Gasteiger partial charge >= 0.3 is 0 Å². The molecule has 96 valence electrons. The van der Waals surface area contributed by atoms with Crippen molar-refractivity contribution in [2.24, 2.45) is 0 Å². The Morgan fingerprint density at radius 3 is 2.35 bits per heavy atom. The number of nitrogens with one attached hydrogen (secondary N) is 1. The van der Waals surface area contributed by atoms with E-state index in [2.05, 4.69) is 52.1 Å². The molecule has 0 heterocycles. The summed E-state index contributed by atoms with van der Waals surface area (Å²) in [6.45, 7) is 10.7. The fourth-order valence-electron chi connectivity index (χ4n) is 1.83. The molecule has 1 aromatic carbocycles. The van der Waals surface area contributed by atoms with Gasteiger partial charge in [-0.2, -0.15) is 0 Å². The van der Waals surface area contributed by atoms with Gasteiger partial charge in [-0.3, -0.25) is 0 Å².